The summed E-state index contributed by atoms with van der Waals surface area (Å²) in [4.78, 5) is 4.72. The van der Waals surface area contributed by atoms with Crippen molar-refractivity contribution in [1.82, 2.24) is 9.55 Å². The highest BCUT2D eigenvalue weighted by atomic mass is 35.5. The summed E-state index contributed by atoms with van der Waals surface area (Å²) in [6.07, 6.45) is 3.42. The lowest BCUT2D eigenvalue weighted by Gasteiger charge is -2.23. The van der Waals surface area contributed by atoms with E-state index in [4.69, 9.17) is 28.2 Å². The topological polar surface area (TPSA) is 17.8 Å². The van der Waals surface area contributed by atoms with Gasteiger partial charge in [0.05, 0.1) is 11.0 Å². The smallest absolute Gasteiger partial charge is 0.111 e. The zero-order valence-electron chi connectivity index (χ0n) is 11.3. The quantitative estimate of drug-likeness (QED) is 0.762. The van der Waals surface area contributed by atoms with Crippen molar-refractivity contribution in [2.45, 2.75) is 25.8 Å². The van der Waals surface area contributed by atoms with Gasteiger partial charge in [-0.15, -0.1) is 11.6 Å². The van der Waals surface area contributed by atoms with Crippen LogP contribution in [0.15, 0.2) is 18.2 Å². The van der Waals surface area contributed by atoms with Crippen LogP contribution in [0.2, 0.25) is 5.02 Å². The van der Waals surface area contributed by atoms with Gasteiger partial charge in [0.15, 0.2) is 0 Å². The number of aromatic nitrogens is 2. The Hall–Kier alpha value is -0.380. The predicted octanol–water partition coefficient (Wildman–Crippen LogP) is 4.61. The average molecular weight is 329 g/mol. The monoisotopic (exact) mass is 328 g/mol. The Morgan fingerprint density at radius 3 is 2.85 bits per heavy atom. The fraction of sp³-hybridized carbons (Fsp3) is 0.533. The first-order chi connectivity index (χ1) is 9.78. The van der Waals surface area contributed by atoms with Crippen molar-refractivity contribution >= 4 is 46.0 Å². The Bertz CT molecular complexity index is 591. The van der Waals surface area contributed by atoms with E-state index in [2.05, 4.69) is 22.4 Å². The number of thioether (sulfide) groups is 1. The fourth-order valence-electron chi connectivity index (χ4n) is 2.82. The summed E-state index contributed by atoms with van der Waals surface area (Å²) in [5.74, 6) is 5.04. The SMILES string of the molecule is ClCCc1nc2cc(Cl)ccc2n1CC1CCSCC1. The molecular formula is C15H18Cl2N2S. The average Bonchev–Trinajstić information content (AvgIpc) is 2.77. The van der Waals surface area contributed by atoms with Crippen LogP contribution in [0.4, 0.5) is 0 Å². The number of benzene rings is 1. The van der Waals surface area contributed by atoms with Crippen LogP contribution in [0, 0.1) is 5.92 Å². The molecule has 1 aromatic carbocycles. The van der Waals surface area contributed by atoms with Crippen molar-refractivity contribution < 1.29 is 0 Å². The number of fused-ring (bicyclic) bond motifs is 1. The number of imidazole rings is 1. The Kier molecular flexibility index (Phi) is 4.79. The molecule has 0 amide bonds. The number of rotatable bonds is 4. The summed E-state index contributed by atoms with van der Waals surface area (Å²) in [6.45, 7) is 1.06. The zero-order chi connectivity index (χ0) is 13.9. The molecule has 0 N–H and O–H groups in total. The molecule has 1 aliphatic heterocycles. The molecule has 108 valence electrons. The third kappa shape index (κ3) is 3.10. The maximum absolute atomic E-state index is 6.07. The van der Waals surface area contributed by atoms with E-state index in [1.807, 2.05) is 12.1 Å². The van der Waals surface area contributed by atoms with Crippen LogP contribution in [0.3, 0.4) is 0 Å². The van der Waals surface area contributed by atoms with E-state index in [0.717, 1.165) is 35.2 Å². The first-order valence-electron chi connectivity index (χ1n) is 7.06. The molecule has 0 radical (unpaired) electrons. The summed E-state index contributed by atoms with van der Waals surface area (Å²) in [7, 11) is 0. The van der Waals surface area contributed by atoms with Crippen molar-refractivity contribution in [2.24, 2.45) is 5.92 Å². The summed E-state index contributed by atoms with van der Waals surface area (Å²) < 4.78 is 2.36. The summed E-state index contributed by atoms with van der Waals surface area (Å²) in [5.41, 5.74) is 2.18. The van der Waals surface area contributed by atoms with Gasteiger partial charge in [-0.05, 0) is 48.5 Å². The molecule has 1 aromatic heterocycles. The number of hydrogen-bond donors (Lipinski definition) is 0. The molecule has 2 aromatic rings. The van der Waals surface area contributed by atoms with Gasteiger partial charge >= 0.3 is 0 Å². The number of halogens is 2. The third-order valence-electron chi connectivity index (χ3n) is 3.89. The molecular weight excluding hydrogens is 311 g/mol. The van der Waals surface area contributed by atoms with Crippen LogP contribution >= 0.6 is 35.0 Å². The normalized spacial score (nSPS) is 16.9. The fourth-order valence-corrected chi connectivity index (χ4v) is 4.36. The Balaban J connectivity index is 1.95. The van der Waals surface area contributed by atoms with Crippen molar-refractivity contribution in [2.75, 3.05) is 17.4 Å². The van der Waals surface area contributed by atoms with E-state index in [1.54, 1.807) is 0 Å². The molecule has 0 spiro atoms. The second kappa shape index (κ2) is 6.59. The van der Waals surface area contributed by atoms with Gasteiger partial charge in [-0.2, -0.15) is 11.8 Å². The van der Waals surface area contributed by atoms with E-state index < -0.39 is 0 Å². The van der Waals surface area contributed by atoms with Crippen molar-refractivity contribution in [3.63, 3.8) is 0 Å². The largest absolute Gasteiger partial charge is 0.328 e. The molecule has 1 aliphatic rings. The maximum atomic E-state index is 6.07. The van der Waals surface area contributed by atoms with Crippen LogP contribution in [0.25, 0.3) is 11.0 Å². The highest BCUT2D eigenvalue weighted by Crippen LogP contribution is 2.27. The maximum Gasteiger partial charge on any atom is 0.111 e. The third-order valence-corrected chi connectivity index (χ3v) is 5.36. The van der Waals surface area contributed by atoms with Gasteiger partial charge in [-0.25, -0.2) is 4.98 Å². The standard InChI is InChI=1S/C15H18Cl2N2S/c16-6-3-15-18-13-9-12(17)1-2-14(13)19(15)10-11-4-7-20-8-5-11/h1-2,9,11H,3-8,10H2. The Morgan fingerprint density at radius 1 is 1.30 bits per heavy atom. The van der Waals surface area contributed by atoms with E-state index in [1.165, 1.54) is 29.9 Å². The minimum Gasteiger partial charge on any atom is -0.328 e. The highest BCUT2D eigenvalue weighted by molar-refractivity contribution is 7.99. The van der Waals surface area contributed by atoms with Gasteiger partial charge in [0, 0.05) is 23.9 Å². The second-order valence-electron chi connectivity index (χ2n) is 5.27. The predicted molar refractivity (Wildman–Crippen MR) is 89.2 cm³/mol. The first kappa shape index (κ1) is 14.6. The van der Waals surface area contributed by atoms with Crippen LogP contribution in [0.5, 0.6) is 0 Å². The van der Waals surface area contributed by atoms with Crippen LogP contribution in [-0.2, 0) is 13.0 Å². The summed E-state index contributed by atoms with van der Waals surface area (Å²) >= 11 is 14.1. The van der Waals surface area contributed by atoms with Gasteiger partial charge in [0.1, 0.15) is 5.82 Å². The molecule has 0 saturated carbocycles. The highest BCUT2D eigenvalue weighted by Gasteiger charge is 2.18. The van der Waals surface area contributed by atoms with Crippen molar-refractivity contribution in [3.8, 4) is 0 Å². The number of hydrogen-bond acceptors (Lipinski definition) is 2. The molecule has 1 saturated heterocycles. The van der Waals surface area contributed by atoms with Crippen LogP contribution in [0.1, 0.15) is 18.7 Å². The van der Waals surface area contributed by atoms with Crippen LogP contribution < -0.4 is 0 Å². The van der Waals surface area contributed by atoms with Gasteiger partial charge < -0.3 is 4.57 Å². The molecule has 0 atom stereocenters. The Morgan fingerprint density at radius 2 is 2.10 bits per heavy atom. The van der Waals surface area contributed by atoms with Crippen molar-refractivity contribution in [1.29, 1.82) is 0 Å². The second-order valence-corrected chi connectivity index (χ2v) is 7.31. The molecule has 1 fully saturated rings. The molecule has 5 heteroatoms. The van der Waals surface area contributed by atoms with Crippen LogP contribution in [-0.4, -0.2) is 26.9 Å². The van der Waals surface area contributed by atoms with E-state index in [0.29, 0.717) is 5.88 Å². The first-order valence-corrected chi connectivity index (χ1v) is 9.13. The lowest BCUT2D eigenvalue weighted by atomic mass is 10.0. The van der Waals surface area contributed by atoms with Gasteiger partial charge in [-0.3, -0.25) is 0 Å². The minimum atomic E-state index is 0.609. The Labute approximate surface area is 133 Å². The van der Waals surface area contributed by atoms with Gasteiger partial charge in [-0.1, -0.05) is 11.6 Å². The molecule has 2 nitrogen and oxygen atoms in total. The molecule has 20 heavy (non-hydrogen) atoms. The van der Waals surface area contributed by atoms with E-state index >= 15 is 0 Å². The molecule has 3 rings (SSSR count). The minimum absolute atomic E-state index is 0.609. The molecule has 0 aliphatic carbocycles. The van der Waals surface area contributed by atoms with Gasteiger partial charge in [0.2, 0.25) is 0 Å². The number of aryl methyl sites for hydroxylation is 1. The summed E-state index contributed by atoms with van der Waals surface area (Å²) in [6, 6.07) is 5.98. The van der Waals surface area contributed by atoms with E-state index in [-0.39, 0.29) is 0 Å². The molecule has 2 heterocycles. The lowest BCUT2D eigenvalue weighted by Crippen LogP contribution is -2.18. The lowest BCUT2D eigenvalue weighted by molar-refractivity contribution is 0.416. The number of alkyl halides is 1. The van der Waals surface area contributed by atoms with E-state index in [9.17, 15) is 0 Å². The summed E-state index contributed by atoms with van der Waals surface area (Å²) in [5, 5.41) is 0.744. The van der Waals surface area contributed by atoms with Gasteiger partial charge in [0.25, 0.3) is 0 Å². The molecule has 0 bridgehead atoms. The zero-order valence-corrected chi connectivity index (χ0v) is 13.6. The van der Waals surface area contributed by atoms with Crippen molar-refractivity contribution in [3.05, 3.63) is 29.0 Å². The number of nitrogens with zero attached hydrogens (tertiary/aromatic N) is 2. The molecule has 0 unspecified atom stereocenters.